The number of nitrogens with one attached hydrogen (secondary N) is 1. The predicted molar refractivity (Wildman–Crippen MR) is 77.7 cm³/mol. The molecule has 0 unspecified atom stereocenters. The maximum absolute atomic E-state index is 4.50. The number of aryl methyl sites for hydroxylation is 1. The van der Waals surface area contributed by atoms with Crippen molar-refractivity contribution in [1.29, 1.82) is 0 Å². The van der Waals surface area contributed by atoms with Crippen molar-refractivity contribution in [3.8, 4) is 0 Å². The highest BCUT2D eigenvalue weighted by atomic mass is 32.1. The van der Waals surface area contributed by atoms with Gasteiger partial charge in [-0.2, -0.15) is 4.37 Å². The van der Waals surface area contributed by atoms with E-state index >= 15 is 0 Å². The van der Waals surface area contributed by atoms with Crippen LogP contribution >= 0.6 is 22.9 Å². The van der Waals surface area contributed by atoms with Gasteiger partial charge in [-0.05, 0) is 6.92 Å². The summed E-state index contributed by atoms with van der Waals surface area (Å²) in [7, 11) is 0. The van der Waals surface area contributed by atoms with Gasteiger partial charge in [-0.1, -0.05) is 20.8 Å². The zero-order chi connectivity index (χ0) is 13.2. The average Bonchev–Trinajstić information content (AvgIpc) is 2.87. The molecule has 0 spiro atoms. The van der Waals surface area contributed by atoms with Crippen LogP contribution in [0, 0.1) is 6.92 Å². The van der Waals surface area contributed by atoms with Crippen molar-refractivity contribution in [1.82, 2.24) is 14.3 Å². The van der Waals surface area contributed by atoms with E-state index in [2.05, 4.69) is 45.8 Å². The largest absolute Gasteiger partial charge is 0.360 e. The van der Waals surface area contributed by atoms with Gasteiger partial charge in [-0.25, -0.2) is 9.97 Å². The molecule has 1 N–H and O–H groups in total. The minimum absolute atomic E-state index is 0.0167. The molecular formula is C12H18N4S2. The first-order valence-electron chi connectivity index (χ1n) is 5.94. The number of hydrogen-bond donors (Lipinski definition) is 1. The molecule has 0 radical (unpaired) electrons. The zero-order valence-corrected chi connectivity index (χ0v) is 12.8. The molecule has 0 fully saturated rings. The van der Waals surface area contributed by atoms with E-state index in [0.29, 0.717) is 0 Å². The molecular weight excluding hydrogens is 264 g/mol. The fourth-order valence-corrected chi connectivity index (χ4v) is 2.95. The molecule has 18 heavy (non-hydrogen) atoms. The van der Waals surface area contributed by atoms with Crippen molar-refractivity contribution in [2.45, 2.75) is 39.5 Å². The molecule has 0 aliphatic rings. The minimum Gasteiger partial charge on any atom is -0.360 e. The topological polar surface area (TPSA) is 50.7 Å². The lowest BCUT2D eigenvalue weighted by molar-refractivity contribution is 0.555. The average molecular weight is 282 g/mol. The van der Waals surface area contributed by atoms with Crippen LogP contribution in [0.15, 0.2) is 5.38 Å². The van der Waals surface area contributed by atoms with Gasteiger partial charge < -0.3 is 5.32 Å². The molecule has 0 bridgehead atoms. The van der Waals surface area contributed by atoms with E-state index in [9.17, 15) is 0 Å². The third-order valence-electron chi connectivity index (χ3n) is 2.38. The molecule has 2 aromatic rings. The highest BCUT2D eigenvalue weighted by Gasteiger charge is 2.19. The van der Waals surface area contributed by atoms with Crippen molar-refractivity contribution < 1.29 is 0 Å². The van der Waals surface area contributed by atoms with Crippen molar-refractivity contribution in [3.05, 3.63) is 21.9 Å². The Labute approximate surface area is 116 Å². The van der Waals surface area contributed by atoms with E-state index in [1.807, 2.05) is 6.92 Å². The molecule has 0 saturated carbocycles. The number of anilines is 1. The summed E-state index contributed by atoms with van der Waals surface area (Å²) in [5.74, 6) is 0.903. The molecule has 4 nitrogen and oxygen atoms in total. The first kappa shape index (κ1) is 13.4. The Kier molecular flexibility index (Phi) is 3.97. The van der Waals surface area contributed by atoms with Crippen molar-refractivity contribution in [2.24, 2.45) is 0 Å². The van der Waals surface area contributed by atoms with E-state index in [0.717, 1.165) is 29.6 Å². The van der Waals surface area contributed by atoms with Gasteiger partial charge in [-0.15, -0.1) is 11.3 Å². The summed E-state index contributed by atoms with van der Waals surface area (Å²) in [5, 5.41) is 7.45. The summed E-state index contributed by atoms with van der Waals surface area (Å²) >= 11 is 3.14. The molecule has 0 amide bonds. The Morgan fingerprint density at radius 3 is 2.61 bits per heavy atom. The molecule has 0 aromatic carbocycles. The second kappa shape index (κ2) is 5.32. The van der Waals surface area contributed by atoms with E-state index in [-0.39, 0.29) is 5.41 Å². The van der Waals surface area contributed by atoms with Gasteiger partial charge in [0.05, 0.1) is 5.01 Å². The van der Waals surface area contributed by atoms with E-state index in [1.54, 1.807) is 11.3 Å². The van der Waals surface area contributed by atoms with Crippen molar-refractivity contribution in [2.75, 3.05) is 11.9 Å². The molecule has 6 heteroatoms. The lowest BCUT2D eigenvalue weighted by Gasteiger charge is -2.12. The number of aromatic nitrogens is 3. The second-order valence-electron chi connectivity index (χ2n) is 5.23. The molecule has 2 heterocycles. The molecule has 0 atom stereocenters. The van der Waals surface area contributed by atoms with Crippen LogP contribution in [0.2, 0.25) is 0 Å². The summed E-state index contributed by atoms with van der Waals surface area (Å²) in [6, 6.07) is 0. The van der Waals surface area contributed by atoms with E-state index < -0.39 is 0 Å². The second-order valence-corrected chi connectivity index (χ2v) is 6.93. The van der Waals surface area contributed by atoms with Crippen LogP contribution in [0.25, 0.3) is 0 Å². The van der Waals surface area contributed by atoms with Crippen molar-refractivity contribution in [3.63, 3.8) is 0 Å². The van der Waals surface area contributed by atoms with Crippen LogP contribution in [-0.4, -0.2) is 20.9 Å². The van der Waals surface area contributed by atoms with Gasteiger partial charge in [-0.3, -0.25) is 0 Å². The van der Waals surface area contributed by atoms with Gasteiger partial charge in [0.15, 0.2) is 0 Å². The lowest BCUT2D eigenvalue weighted by Crippen LogP contribution is -2.13. The summed E-state index contributed by atoms with van der Waals surface area (Å²) in [4.78, 5) is 8.93. The van der Waals surface area contributed by atoms with Crippen LogP contribution in [0.3, 0.4) is 0 Å². The van der Waals surface area contributed by atoms with Gasteiger partial charge in [0, 0.05) is 41.0 Å². The molecule has 98 valence electrons. The molecule has 2 rings (SSSR count). The fourth-order valence-electron chi connectivity index (χ4n) is 1.39. The Morgan fingerprint density at radius 1 is 1.28 bits per heavy atom. The highest BCUT2D eigenvalue weighted by molar-refractivity contribution is 7.10. The number of thiazole rings is 1. The third-order valence-corrected chi connectivity index (χ3v) is 4.08. The monoisotopic (exact) mass is 282 g/mol. The Balaban J connectivity index is 1.85. The maximum atomic E-state index is 4.50. The van der Waals surface area contributed by atoms with Crippen LogP contribution in [0.4, 0.5) is 5.13 Å². The summed E-state index contributed by atoms with van der Waals surface area (Å²) in [5.41, 5.74) is 1.11. The van der Waals surface area contributed by atoms with Crippen molar-refractivity contribution >= 4 is 28.0 Å². The van der Waals surface area contributed by atoms with E-state index in [1.165, 1.54) is 16.5 Å². The minimum atomic E-state index is 0.0167. The van der Waals surface area contributed by atoms with Crippen LogP contribution in [0.1, 0.15) is 37.3 Å². The smallest absolute Gasteiger partial charge is 0.202 e. The number of nitrogens with zero attached hydrogens (tertiary/aromatic N) is 3. The normalized spacial score (nSPS) is 11.8. The summed E-state index contributed by atoms with van der Waals surface area (Å²) in [6.45, 7) is 9.24. The summed E-state index contributed by atoms with van der Waals surface area (Å²) in [6.07, 6.45) is 0.933. The first-order chi connectivity index (χ1) is 8.45. The quantitative estimate of drug-likeness (QED) is 0.935. The van der Waals surface area contributed by atoms with Gasteiger partial charge in [0.25, 0.3) is 0 Å². The van der Waals surface area contributed by atoms with Gasteiger partial charge in [0.1, 0.15) is 5.82 Å². The third kappa shape index (κ3) is 3.49. The first-order valence-corrected chi connectivity index (χ1v) is 7.59. The highest BCUT2D eigenvalue weighted by Crippen LogP contribution is 2.22. The van der Waals surface area contributed by atoms with Gasteiger partial charge in [0.2, 0.25) is 5.13 Å². The number of rotatable bonds is 4. The molecule has 0 saturated heterocycles. The van der Waals surface area contributed by atoms with Gasteiger partial charge >= 0.3 is 0 Å². The zero-order valence-electron chi connectivity index (χ0n) is 11.1. The predicted octanol–water partition coefficient (Wildman–Crippen LogP) is 3.26. The molecule has 0 aliphatic carbocycles. The van der Waals surface area contributed by atoms with Crippen LogP contribution in [0.5, 0.6) is 0 Å². The Morgan fingerprint density at radius 2 is 2.06 bits per heavy atom. The van der Waals surface area contributed by atoms with Crippen LogP contribution < -0.4 is 5.32 Å². The lowest BCUT2D eigenvalue weighted by atomic mass is 9.96. The molecule has 2 aromatic heterocycles. The Bertz CT molecular complexity index is 510. The Hall–Kier alpha value is -1.01. The van der Waals surface area contributed by atoms with E-state index in [4.69, 9.17) is 0 Å². The maximum Gasteiger partial charge on any atom is 0.202 e. The summed E-state index contributed by atoms with van der Waals surface area (Å²) < 4.78 is 4.37. The fraction of sp³-hybridized carbons (Fsp3) is 0.583. The molecule has 0 aliphatic heterocycles. The van der Waals surface area contributed by atoms with Crippen LogP contribution in [-0.2, 0) is 11.8 Å². The standard InChI is InChI=1S/C12H18N4S2/c1-8-7-17-9(14-8)5-6-13-11-15-10(16-18-11)12(2,3)4/h7H,5-6H2,1-4H3,(H,13,15,16). The number of hydrogen-bond acceptors (Lipinski definition) is 6. The SMILES string of the molecule is Cc1csc(CCNc2nc(C(C)(C)C)ns2)n1.